The number of benzene rings is 4. The normalized spacial score (nSPS) is 12.2. The Bertz CT molecular complexity index is 1520. The molecule has 0 amide bonds. The van der Waals surface area contributed by atoms with Gasteiger partial charge in [0.25, 0.3) is 0 Å². The van der Waals surface area contributed by atoms with Gasteiger partial charge in [0.05, 0.1) is 19.9 Å². The maximum Gasteiger partial charge on any atom is 0.308 e. The summed E-state index contributed by atoms with van der Waals surface area (Å²) >= 11 is 0. The highest BCUT2D eigenvalue weighted by atomic mass is 16.6. The Morgan fingerprint density at radius 3 is 1.74 bits per heavy atom. The molecule has 1 aliphatic heterocycles. The second-order valence-corrected chi connectivity index (χ2v) is 8.44. The van der Waals surface area contributed by atoms with Gasteiger partial charge in [-0.25, -0.2) is 0 Å². The van der Waals surface area contributed by atoms with Crippen LogP contribution < -0.4 is 23.8 Å². The molecule has 0 atom stereocenters. The van der Waals surface area contributed by atoms with E-state index in [2.05, 4.69) is 23.1 Å². The molecule has 35 heavy (non-hydrogen) atoms. The number of nitrogens with zero attached hydrogens (tertiary/aromatic N) is 1. The lowest BCUT2D eigenvalue weighted by molar-refractivity contribution is -0.133. The summed E-state index contributed by atoms with van der Waals surface area (Å²) in [6.07, 6.45) is 0. The standard InChI is InChI=1S/C28H25NO6/c1-15(30)34-25-21-14-29(3)24-20-13-9-7-11-18(20)17-10-6-8-12-19(17)22(24)23(21)26(35-16(2)31)28(33-5)27(25)32-4/h6-13H,14H2,1-5H3. The number of carbonyl (C=O) groups excluding carboxylic acids is 2. The van der Waals surface area contributed by atoms with Crippen molar-refractivity contribution in [2.24, 2.45) is 0 Å². The SMILES string of the molecule is COc1c(OC(C)=O)c2c(c(OC(C)=O)c1OC)-c1c(c3ccccc3c3ccccc13)N(C)C2. The van der Waals surface area contributed by atoms with Gasteiger partial charge in [-0.05, 0) is 16.2 Å². The predicted octanol–water partition coefficient (Wildman–Crippen LogP) is 5.48. The Morgan fingerprint density at radius 2 is 1.17 bits per heavy atom. The highest BCUT2D eigenvalue weighted by Crippen LogP contribution is 2.59. The van der Waals surface area contributed by atoms with Crippen LogP contribution in [0.25, 0.3) is 32.7 Å². The molecule has 1 heterocycles. The van der Waals surface area contributed by atoms with Crippen LogP contribution in [0.1, 0.15) is 19.4 Å². The first-order chi connectivity index (χ1) is 16.9. The number of ether oxygens (including phenoxy) is 4. The Balaban J connectivity index is 2.05. The van der Waals surface area contributed by atoms with Gasteiger partial charge in [-0.1, -0.05) is 48.5 Å². The molecule has 0 unspecified atom stereocenters. The predicted molar refractivity (Wildman–Crippen MR) is 135 cm³/mol. The van der Waals surface area contributed by atoms with E-state index >= 15 is 0 Å². The Morgan fingerprint density at radius 1 is 0.686 bits per heavy atom. The average Bonchev–Trinajstić information content (AvgIpc) is 2.84. The first kappa shape index (κ1) is 22.5. The topological polar surface area (TPSA) is 74.3 Å². The molecule has 0 bridgehead atoms. The van der Waals surface area contributed by atoms with Gasteiger partial charge in [-0.15, -0.1) is 0 Å². The molecule has 0 aromatic heterocycles. The number of hydrogen-bond acceptors (Lipinski definition) is 7. The smallest absolute Gasteiger partial charge is 0.308 e. The van der Waals surface area contributed by atoms with Crippen LogP contribution in [0.3, 0.4) is 0 Å². The summed E-state index contributed by atoms with van der Waals surface area (Å²) < 4.78 is 22.8. The van der Waals surface area contributed by atoms with E-state index in [-0.39, 0.29) is 23.0 Å². The number of esters is 2. The van der Waals surface area contributed by atoms with Crippen LogP contribution in [0.2, 0.25) is 0 Å². The minimum Gasteiger partial charge on any atom is -0.490 e. The van der Waals surface area contributed by atoms with Gasteiger partial charge in [0.2, 0.25) is 11.5 Å². The Labute approximate surface area is 202 Å². The summed E-state index contributed by atoms with van der Waals surface area (Å²) in [5.74, 6) is -0.136. The quantitative estimate of drug-likeness (QED) is 0.222. The van der Waals surface area contributed by atoms with Crippen molar-refractivity contribution in [1.82, 2.24) is 0 Å². The van der Waals surface area contributed by atoms with Crippen LogP contribution in [-0.4, -0.2) is 33.2 Å². The van der Waals surface area contributed by atoms with Gasteiger partial charge in [0.15, 0.2) is 11.5 Å². The number of rotatable bonds is 4. The van der Waals surface area contributed by atoms with Crippen molar-refractivity contribution in [3.63, 3.8) is 0 Å². The highest BCUT2D eigenvalue weighted by Gasteiger charge is 2.36. The van der Waals surface area contributed by atoms with Gasteiger partial charge in [0, 0.05) is 49.5 Å². The van der Waals surface area contributed by atoms with Gasteiger partial charge in [-0.2, -0.15) is 0 Å². The number of fused-ring (bicyclic) bond motifs is 8. The van der Waals surface area contributed by atoms with Crippen LogP contribution in [0, 0.1) is 0 Å². The second kappa shape index (κ2) is 8.51. The number of anilines is 1. The molecule has 0 fully saturated rings. The molecule has 4 aromatic rings. The molecular formula is C28H25NO6. The first-order valence-corrected chi connectivity index (χ1v) is 11.2. The first-order valence-electron chi connectivity index (χ1n) is 11.2. The fourth-order valence-electron chi connectivity index (χ4n) is 5.07. The van der Waals surface area contributed by atoms with Crippen molar-refractivity contribution in [2.75, 3.05) is 26.2 Å². The average molecular weight is 472 g/mol. The van der Waals surface area contributed by atoms with Crippen molar-refractivity contribution in [3.05, 3.63) is 54.1 Å². The van der Waals surface area contributed by atoms with E-state index in [1.54, 1.807) is 0 Å². The van der Waals surface area contributed by atoms with E-state index in [4.69, 9.17) is 18.9 Å². The van der Waals surface area contributed by atoms with Crippen LogP contribution in [-0.2, 0) is 16.1 Å². The van der Waals surface area contributed by atoms with Gasteiger partial charge in [0.1, 0.15) is 0 Å². The van der Waals surface area contributed by atoms with Crippen LogP contribution in [0.15, 0.2) is 48.5 Å². The second-order valence-electron chi connectivity index (χ2n) is 8.44. The lowest BCUT2D eigenvalue weighted by Crippen LogP contribution is -2.24. The minimum atomic E-state index is -0.502. The van der Waals surface area contributed by atoms with Gasteiger partial charge >= 0.3 is 11.9 Å². The van der Waals surface area contributed by atoms with Crippen molar-refractivity contribution in [1.29, 1.82) is 0 Å². The Hall–Kier alpha value is -4.26. The van der Waals surface area contributed by atoms with Crippen LogP contribution in [0.5, 0.6) is 23.0 Å². The van der Waals surface area contributed by atoms with Crippen molar-refractivity contribution >= 4 is 39.2 Å². The molecule has 5 rings (SSSR count). The van der Waals surface area contributed by atoms with Crippen molar-refractivity contribution in [2.45, 2.75) is 20.4 Å². The highest BCUT2D eigenvalue weighted by molar-refractivity contribution is 6.22. The fourth-order valence-corrected chi connectivity index (χ4v) is 5.07. The molecule has 0 spiro atoms. The van der Waals surface area contributed by atoms with Crippen LogP contribution in [0.4, 0.5) is 5.69 Å². The molecule has 0 radical (unpaired) electrons. The third-order valence-electron chi connectivity index (χ3n) is 6.25. The number of carbonyl (C=O) groups is 2. The van der Waals surface area contributed by atoms with Gasteiger partial charge < -0.3 is 23.8 Å². The zero-order valence-corrected chi connectivity index (χ0v) is 20.2. The zero-order chi connectivity index (χ0) is 24.9. The molecule has 0 saturated heterocycles. The largest absolute Gasteiger partial charge is 0.490 e. The van der Waals surface area contributed by atoms with E-state index in [1.807, 2.05) is 37.4 Å². The van der Waals surface area contributed by atoms with E-state index in [1.165, 1.54) is 28.1 Å². The molecule has 7 heteroatoms. The molecule has 1 aliphatic rings. The molecule has 0 saturated carbocycles. The third kappa shape index (κ3) is 3.43. The fraction of sp³-hybridized carbons (Fsp3) is 0.214. The molecule has 178 valence electrons. The lowest BCUT2D eigenvalue weighted by Gasteiger charge is -2.35. The summed E-state index contributed by atoms with van der Waals surface area (Å²) in [6.45, 7) is 3.07. The lowest BCUT2D eigenvalue weighted by atomic mass is 9.84. The molecule has 4 aromatic carbocycles. The summed E-state index contributed by atoms with van der Waals surface area (Å²) in [7, 11) is 4.91. The summed E-state index contributed by atoms with van der Waals surface area (Å²) in [5, 5.41) is 4.21. The third-order valence-corrected chi connectivity index (χ3v) is 6.25. The molecular weight excluding hydrogens is 446 g/mol. The van der Waals surface area contributed by atoms with E-state index in [9.17, 15) is 9.59 Å². The number of methoxy groups -OCH3 is 2. The Kier molecular flexibility index (Phi) is 5.47. The van der Waals surface area contributed by atoms with E-state index < -0.39 is 11.9 Å². The van der Waals surface area contributed by atoms with Crippen LogP contribution >= 0.6 is 0 Å². The summed E-state index contributed by atoms with van der Waals surface area (Å²) in [6, 6.07) is 16.3. The van der Waals surface area contributed by atoms with E-state index in [0.29, 0.717) is 17.7 Å². The van der Waals surface area contributed by atoms with Crippen molar-refractivity contribution < 1.29 is 28.5 Å². The molecule has 7 nitrogen and oxygen atoms in total. The maximum absolute atomic E-state index is 12.3. The zero-order valence-electron chi connectivity index (χ0n) is 20.2. The maximum atomic E-state index is 12.3. The molecule has 0 N–H and O–H groups in total. The summed E-state index contributed by atoms with van der Waals surface area (Å²) in [4.78, 5) is 26.5. The number of hydrogen-bond donors (Lipinski definition) is 0. The molecule has 0 aliphatic carbocycles. The van der Waals surface area contributed by atoms with E-state index in [0.717, 1.165) is 32.8 Å². The van der Waals surface area contributed by atoms with Gasteiger partial charge in [-0.3, -0.25) is 9.59 Å². The monoisotopic (exact) mass is 471 g/mol. The van der Waals surface area contributed by atoms with Crippen molar-refractivity contribution in [3.8, 4) is 34.1 Å². The minimum absolute atomic E-state index is 0.186. The summed E-state index contributed by atoms with van der Waals surface area (Å²) in [5.41, 5.74) is 3.17.